The summed E-state index contributed by atoms with van der Waals surface area (Å²) in [6.07, 6.45) is -1.08. The molecule has 0 radical (unpaired) electrons. The SMILES string of the molecule is CCOc1ccc(N2C(=O)[C@@H]3ON(c4ccccc4)[C@H](c4ccc(OC)cc4)[C@@]3(c3ccccc3)C2=O)cc1. The smallest absolute Gasteiger partial charge is 0.267 e. The maximum Gasteiger partial charge on any atom is 0.267 e. The van der Waals surface area contributed by atoms with Crippen LogP contribution in [0.1, 0.15) is 24.1 Å². The zero-order valence-electron chi connectivity index (χ0n) is 21.7. The second kappa shape index (κ2) is 9.93. The van der Waals surface area contributed by atoms with Crippen molar-refractivity contribution in [3.05, 3.63) is 120 Å². The summed E-state index contributed by atoms with van der Waals surface area (Å²) in [7, 11) is 1.61. The molecule has 196 valence electrons. The van der Waals surface area contributed by atoms with Crippen molar-refractivity contribution in [1.29, 1.82) is 0 Å². The minimum atomic E-state index is -1.35. The first kappa shape index (κ1) is 24.7. The van der Waals surface area contributed by atoms with Crippen molar-refractivity contribution < 1.29 is 23.9 Å². The van der Waals surface area contributed by atoms with Crippen LogP contribution in [-0.2, 0) is 19.8 Å². The molecule has 0 unspecified atom stereocenters. The quantitative estimate of drug-likeness (QED) is 0.301. The van der Waals surface area contributed by atoms with Gasteiger partial charge in [0.1, 0.15) is 23.0 Å². The molecule has 0 N–H and O–H groups in total. The molecular weight excluding hydrogens is 492 g/mol. The predicted octanol–water partition coefficient (Wildman–Crippen LogP) is 5.47. The van der Waals surface area contributed by atoms with E-state index in [4.69, 9.17) is 14.3 Å². The molecule has 7 nitrogen and oxygen atoms in total. The molecule has 2 aliphatic rings. The number of rotatable bonds is 7. The number of carbonyl (C=O) groups is 2. The fraction of sp³-hybridized carbons (Fsp3) is 0.188. The van der Waals surface area contributed by atoms with E-state index in [1.807, 2.05) is 91.9 Å². The summed E-state index contributed by atoms with van der Waals surface area (Å²) < 4.78 is 11.0. The maximum absolute atomic E-state index is 14.8. The largest absolute Gasteiger partial charge is 0.497 e. The van der Waals surface area contributed by atoms with E-state index in [2.05, 4.69) is 0 Å². The van der Waals surface area contributed by atoms with Gasteiger partial charge in [-0.2, -0.15) is 0 Å². The Kier molecular flexibility index (Phi) is 6.29. The summed E-state index contributed by atoms with van der Waals surface area (Å²) in [5, 5.41) is 1.71. The highest BCUT2D eigenvalue weighted by Crippen LogP contribution is 2.57. The molecule has 0 aliphatic carbocycles. The van der Waals surface area contributed by atoms with Gasteiger partial charge in [-0.25, -0.2) is 9.96 Å². The monoisotopic (exact) mass is 520 g/mol. The lowest BCUT2D eigenvalue weighted by atomic mass is 9.69. The molecule has 2 fully saturated rings. The molecule has 0 saturated carbocycles. The molecule has 7 heteroatoms. The molecule has 39 heavy (non-hydrogen) atoms. The van der Waals surface area contributed by atoms with Gasteiger partial charge in [0.15, 0.2) is 6.10 Å². The van der Waals surface area contributed by atoms with Crippen molar-refractivity contribution in [3.63, 3.8) is 0 Å². The lowest BCUT2D eigenvalue weighted by molar-refractivity contribution is -0.126. The molecule has 4 aromatic carbocycles. The number of fused-ring (bicyclic) bond motifs is 1. The fourth-order valence-corrected chi connectivity index (χ4v) is 5.68. The highest BCUT2D eigenvalue weighted by Gasteiger charge is 2.72. The van der Waals surface area contributed by atoms with Crippen LogP contribution in [0.15, 0.2) is 109 Å². The van der Waals surface area contributed by atoms with Crippen LogP contribution in [0.2, 0.25) is 0 Å². The van der Waals surface area contributed by atoms with Crippen LogP contribution in [0, 0.1) is 0 Å². The van der Waals surface area contributed by atoms with Crippen LogP contribution < -0.4 is 19.4 Å². The number of hydrogen-bond donors (Lipinski definition) is 0. The zero-order chi connectivity index (χ0) is 27.0. The van der Waals surface area contributed by atoms with Crippen LogP contribution in [0.4, 0.5) is 11.4 Å². The van der Waals surface area contributed by atoms with Crippen molar-refractivity contribution in [2.45, 2.75) is 24.5 Å². The minimum Gasteiger partial charge on any atom is -0.497 e. The summed E-state index contributed by atoms with van der Waals surface area (Å²) in [5.41, 5.74) is 1.40. The molecule has 0 bridgehead atoms. The van der Waals surface area contributed by atoms with Crippen LogP contribution in [-0.4, -0.2) is 31.6 Å². The summed E-state index contributed by atoms with van der Waals surface area (Å²) in [6, 6.07) is 32.9. The van der Waals surface area contributed by atoms with Crippen molar-refractivity contribution in [3.8, 4) is 11.5 Å². The Hall–Kier alpha value is -4.62. The van der Waals surface area contributed by atoms with Gasteiger partial charge < -0.3 is 9.47 Å². The molecule has 2 amide bonds. The van der Waals surface area contributed by atoms with E-state index in [0.29, 0.717) is 29.4 Å². The number of amides is 2. The third kappa shape index (κ3) is 3.85. The van der Waals surface area contributed by atoms with Gasteiger partial charge in [-0.3, -0.25) is 14.4 Å². The van der Waals surface area contributed by atoms with Crippen molar-refractivity contribution >= 4 is 23.2 Å². The Bertz CT molecular complexity index is 1480. The number of methoxy groups -OCH3 is 1. The molecular formula is C32H28N2O5. The Balaban J connectivity index is 1.56. The summed E-state index contributed by atoms with van der Waals surface area (Å²) >= 11 is 0. The van der Waals surface area contributed by atoms with E-state index in [1.165, 1.54) is 4.90 Å². The Labute approximate surface area is 227 Å². The van der Waals surface area contributed by atoms with Crippen molar-refractivity contribution in [2.24, 2.45) is 0 Å². The number of benzene rings is 4. The van der Waals surface area contributed by atoms with Crippen molar-refractivity contribution in [1.82, 2.24) is 0 Å². The highest BCUT2D eigenvalue weighted by molar-refractivity contribution is 6.28. The summed E-state index contributed by atoms with van der Waals surface area (Å²) in [4.78, 5) is 36.7. The first-order chi connectivity index (χ1) is 19.1. The fourth-order valence-electron chi connectivity index (χ4n) is 5.68. The molecule has 2 heterocycles. The number of imide groups is 1. The maximum atomic E-state index is 14.8. The number of anilines is 2. The number of ether oxygens (including phenoxy) is 2. The highest BCUT2D eigenvalue weighted by atomic mass is 16.7. The second-order valence-electron chi connectivity index (χ2n) is 9.46. The number of carbonyl (C=O) groups excluding carboxylic acids is 2. The lowest BCUT2D eigenvalue weighted by Crippen LogP contribution is -2.46. The molecule has 0 spiro atoms. The van der Waals surface area contributed by atoms with Crippen LogP contribution >= 0.6 is 0 Å². The minimum absolute atomic E-state index is 0.341. The van der Waals surface area contributed by atoms with E-state index < -0.39 is 23.5 Å². The molecule has 2 saturated heterocycles. The van der Waals surface area contributed by atoms with Gasteiger partial charge >= 0.3 is 0 Å². The average molecular weight is 521 g/mol. The Morgan fingerprint density at radius 2 is 1.38 bits per heavy atom. The van der Waals surface area contributed by atoms with E-state index in [1.54, 1.807) is 36.4 Å². The zero-order valence-corrected chi connectivity index (χ0v) is 21.7. The number of para-hydroxylation sites is 1. The van der Waals surface area contributed by atoms with E-state index >= 15 is 0 Å². The average Bonchev–Trinajstić information content (AvgIpc) is 3.46. The first-order valence-electron chi connectivity index (χ1n) is 12.9. The topological polar surface area (TPSA) is 68.3 Å². The molecule has 0 aromatic heterocycles. The number of hydroxylamine groups is 1. The molecule has 2 aliphatic heterocycles. The van der Waals surface area contributed by atoms with Gasteiger partial charge in [0.25, 0.3) is 5.91 Å². The van der Waals surface area contributed by atoms with Crippen LogP contribution in [0.25, 0.3) is 0 Å². The molecule has 6 rings (SSSR count). The van der Waals surface area contributed by atoms with E-state index in [9.17, 15) is 9.59 Å². The van der Waals surface area contributed by atoms with Crippen LogP contribution in [0.3, 0.4) is 0 Å². The Morgan fingerprint density at radius 1 is 0.769 bits per heavy atom. The Morgan fingerprint density at radius 3 is 2.00 bits per heavy atom. The van der Waals surface area contributed by atoms with Gasteiger partial charge in [-0.05, 0) is 66.6 Å². The van der Waals surface area contributed by atoms with Gasteiger partial charge in [-0.15, -0.1) is 0 Å². The lowest BCUT2D eigenvalue weighted by Gasteiger charge is -2.35. The predicted molar refractivity (Wildman–Crippen MR) is 148 cm³/mol. The van der Waals surface area contributed by atoms with Gasteiger partial charge in [-0.1, -0.05) is 60.7 Å². The third-order valence-corrected chi connectivity index (χ3v) is 7.40. The van der Waals surface area contributed by atoms with E-state index in [0.717, 1.165) is 11.3 Å². The summed E-state index contributed by atoms with van der Waals surface area (Å²) in [6.45, 7) is 2.42. The number of nitrogens with zero attached hydrogens (tertiary/aromatic N) is 2. The van der Waals surface area contributed by atoms with Gasteiger partial charge in [0, 0.05) is 0 Å². The summed E-state index contributed by atoms with van der Waals surface area (Å²) in [5.74, 6) is 0.608. The van der Waals surface area contributed by atoms with Crippen LogP contribution in [0.5, 0.6) is 11.5 Å². The van der Waals surface area contributed by atoms with Gasteiger partial charge in [0.2, 0.25) is 5.91 Å². The second-order valence-corrected chi connectivity index (χ2v) is 9.46. The van der Waals surface area contributed by atoms with E-state index in [-0.39, 0.29) is 5.91 Å². The molecule has 4 aromatic rings. The standard InChI is InChI=1S/C32H28N2O5/c1-3-38-27-20-16-24(17-21-27)33-30(35)29-32(31(33)36,23-10-6-4-7-11-23)28(22-14-18-26(37-2)19-15-22)34(39-29)25-12-8-5-9-13-25/h4-21,28-29H,3H2,1-2H3/t28-,29+,32-/m1/s1. The van der Waals surface area contributed by atoms with Gasteiger partial charge in [0.05, 0.1) is 25.1 Å². The molecule has 3 atom stereocenters. The van der Waals surface area contributed by atoms with Crippen molar-refractivity contribution in [2.75, 3.05) is 23.7 Å². The first-order valence-corrected chi connectivity index (χ1v) is 12.9. The third-order valence-electron chi connectivity index (χ3n) is 7.40. The normalized spacial score (nSPS) is 22.2. The number of hydrogen-bond acceptors (Lipinski definition) is 6.